The van der Waals surface area contributed by atoms with Gasteiger partial charge in [-0.2, -0.15) is 0 Å². The molecule has 2 unspecified atom stereocenters. The summed E-state index contributed by atoms with van der Waals surface area (Å²) in [6.07, 6.45) is 8.34. The maximum atomic E-state index is 9.64. The number of hydrogen-bond acceptors (Lipinski definition) is 5. The zero-order chi connectivity index (χ0) is 13.0. The number of hydrogen-bond donors (Lipinski definition) is 2. The van der Waals surface area contributed by atoms with Crippen LogP contribution in [0.15, 0.2) is 12.5 Å². The zero-order valence-corrected chi connectivity index (χ0v) is 10.9. The Hall–Kier alpha value is -1.36. The Kier molecular flexibility index (Phi) is 4.36. The van der Waals surface area contributed by atoms with Gasteiger partial charge in [0.25, 0.3) is 0 Å². The number of nitrogens with zero attached hydrogens (tertiary/aromatic N) is 3. The van der Waals surface area contributed by atoms with Gasteiger partial charge in [0.2, 0.25) is 0 Å². The van der Waals surface area contributed by atoms with E-state index in [1.165, 1.54) is 19.2 Å². The molecule has 18 heavy (non-hydrogen) atoms. The zero-order valence-electron chi connectivity index (χ0n) is 10.9. The fourth-order valence-corrected chi connectivity index (χ4v) is 2.67. The average Bonchev–Trinajstić information content (AvgIpc) is 2.55. The molecule has 0 radical (unpaired) electrons. The minimum absolute atomic E-state index is 0.293. The van der Waals surface area contributed by atoms with Crippen molar-refractivity contribution in [2.45, 2.75) is 51.2 Å². The molecule has 2 atom stereocenters. The Morgan fingerprint density at radius 2 is 2.33 bits per heavy atom. The molecular formula is C13H22N4O. The summed E-state index contributed by atoms with van der Waals surface area (Å²) in [7, 11) is 0. The monoisotopic (exact) mass is 250 g/mol. The molecule has 1 aliphatic heterocycles. The van der Waals surface area contributed by atoms with E-state index < -0.39 is 0 Å². The van der Waals surface area contributed by atoms with Crippen LogP contribution in [-0.2, 0) is 0 Å². The lowest BCUT2D eigenvalue weighted by atomic mass is 10.0. The molecule has 1 aromatic rings. The Labute approximate surface area is 108 Å². The maximum absolute atomic E-state index is 9.64. The van der Waals surface area contributed by atoms with E-state index in [1.54, 1.807) is 6.20 Å². The lowest BCUT2D eigenvalue weighted by Crippen LogP contribution is -2.38. The van der Waals surface area contributed by atoms with Gasteiger partial charge >= 0.3 is 0 Å². The fraction of sp³-hybridized carbons (Fsp3) is 0.692. The highest BCUT2D eigenvalue weighted by Crippen LogP contribution is 2.28. The van der Waals surface area contributed by atoms with E-state index >= 15 is 0 Å². The Balaban J connectivity index is 2.22. The Morgan fingerprint density at radius 3 is 3.06 bits per heavy atom. The number of nitrogen functional groups attached to an aromatic ring is 1. The molecule has 0 bridgehead atoms. The third-order valence-corrected chi connectivity index (χ3v) is 3.48. The van der Waals surface area contributed by atoms with E-state index in [1.807, 2.05) is 6.92 Å². The van der Waals surface area contributed by atoms with Crippen LogP contribution in [0.1, 0.15) is 39.0 Å². The van der Waals surface area contributed by atoms with Crippen LogP contribution in [-0.4, -0.2) is 33.8 Å². The first-order chi connectivity index (χ1) is 8.68. The predicted octanol–water partition coefficient (Wildman–Crippen LogP) is 1.58. The van der Waals surface area contributed by atoms with Gasteiger partial charge in [-0.15, -0.1) is 0 Å². The molecule has 1 fully saturated rings. The van der Waals surface area contributed by atoms with Crippen molar-refractivity contribution in [1.29, 1.82) is 0 Å². The van der Waals surface area contributed by atoms with Crippen molar-refractivity contribution >= 4 is 11.5 Å². The molecular weight excluding hydrogens is 228 g/mol. The van der Waals surface area contributed by atoms with Crippen LogP contribution >= 0.6 is 0 Å². The number of nitrogens with two attached hydrogens (primary N) is 1. The lowest BCUT2D eigenvalue weighted by molar-refractivity contribution is 0.171. The Bertz CT molecular complexity index is 383. The van der Waals surface area contributed by atoms with E-state index in [-0.39, 0.29) is 6.10 Å². The van der Waals surface area contributed by atoms with Crippen LogP contribution in [0.3, 0.4) is 0 Å². The van der Waals surface area contributed by atoms with Crippen molar-refractivity contribution in [1.82, 2.24) is 9.97 Å². The van der Waals surface area contributed by atoms with E-state index in [9.17, 15) is 5.11 Å². The van der Waals surface area contributed by atoms with Crippen LogP contribution in [0.5, 0.6) is 0 Å². The smallest absolute Gasteiger partial charge is 0.155 e. The van der Waals surface area contributed by atoms with E-state index in [4.69, 9.17) is 5.73 Å². The summed E-state index contributed by atoms with van der Waals surface area (Å²) in [5, 5.41) is 9.64. The third kappa shape index (κ3) is 3.10. The minimum Gasteiger partial charge on any atom is -0.394 e. The second-order valence-corrected chi connectivity index (χ2v) is 5.08. The van der Waals surface area contributed by atoms with Crippen LogP contribution in [0, 0.1) is 0 Å². The van der Waals surface area contributed by atoms with E-state index in [2.05, 4.69) is 14.9 Å². The van der Waals surface area contributed by atoms with Crippen molar-refractivity contribution in [3.8, 4) is 0 Å². The molecule has 0 aliphatic carbocycles. The summed E-state index contributed by atoms with van der Waals surface area (Å²) in [6, 6.07) is 0.324. The highest BCUT2D eigenvalue weighted by Gasteiger charge is 2.24. The van der Waals surface area contributed by atoms with Gasteiger partial charge < -0.3 is 15.7 Å². The van der Waals surface area contributed by atoms with Gasteiger partial charge in [0.15, 0.2) is 5.82 Å². The van der Waals surface area contributed by atoms with Gasteiger partial charge in [0.05, 0.1) is 18.0 Å². The van der Waals surface area contributed by atoms with Gasteiger partial charge in [-0.05, 0) is 26.2 Å². The van der Waals surface area contributed by atoms with Gasteiger partial charge in [0.1, 0.15) is 6.33 Å². The van der Waals surface area contributed by atoms with Crippen molar-refractivity contribution in [2.75, 3.05) is 17.2 Å². The van der Waals surface area contributed by atoms with Crippen molar-refractivity contribution in [2.24, 2.45) is 0 Å². The molecule has 0 aromatic carbocycles. The normalized spacial score (nSPS) is 22.6. The summed E-state index contributed by atoms with van der Waals surface area (Å²) < 4.78 is 0. The van der Waals surface area contributed by atoms with Crippen LogP contribution in [0.4, 0.5) is 11.5 Å². The lowest BCUT2D eigenvalue weighted by Gasteiger charge is -2.32. The SMILES string of the molecule is CC(O)CC1CCCCCN1c1ncncc1N. The highest BCUT2D eigenvalue weighted by molar-refractivity contribution is 5.61. The van der Waals surface area contributed by atoms with E-state index in [0.29, 0.717) is 11.7 Å². The van der Waals surface area contributed by atoms with Gasteiger partial charge in [-0.1, -0.05) is 12.8 Å². The van der Waals surface area contributed by atoms with Crippen LogP contribution < -0.4 is 10.6 Å². The van der Waals surface area contributed by atoms with Crippen LogP contribution in [0.2, 0.25) is 0 Å². The molecule has 1 aliphatic rings. The number of aliphatic hydroxyl groups excluding tert-OH is 1. The van der Waals surface area contributed by atoms with Gasteiger partial charge in [-0.25, -0.2) is 9.97 Å². The molecule has 3 N–H and O–H groups in total. The summed E-state index contributed by atoms with van der Waals surface area (Å²) in [5.74, 6) is 0.817. The summed E-state index contributed by atoms with van der Waals surface area (Å²) in [4.78, 5) is 10.5. The number of aliphatic hydroxyl groups is 1. The first kappa shape index (κ1) is 13.1. The van der Waals surface area contributed by atoms with Crippen molar-refractivity contribution < 1.29 is 5.11 Å². The van der Waals surface area contributed by atoms with E-state index in [0.717, 1.165) is 31.6 Å². The molecule has 5 nitrogen and oxygen atoms in total. The molecule has 1 aromatic heterocycles. The number of anilines is 2. The average molecular weight is 250 g/mol. The topological polar surface area (TPSA) is 75.3 Å². The largest absolute Gasteiger partial charge is 0.394 e. The molecule has 0 spiro atoms. The fourth-order valence-electron chi connectivity index (χ4n) is 2.67. The summed E-state index contributed by atoms with van der Waals surface area (Å²) in [5.41, 5.74) is 6.59. The predicted molar refractivity (Wildman–Crippen MR) is 72.3 cm³/mol. The molecule has 0 amide bonds. The highest BCUT2D eigenvalue weighted by atomic mass is 16.3. The van der Waals surface area contributed by atoms with Gasteiger partial charge in [0, 0.05) is 12.6 Å². The summed E-state index contributed by atoms with van der Waals surface area (Å²) >= 11 is 0. The second-order valence-electron chi connectivity index (χ2n) is 5.08. The molecule has 100 valence electrons. The summed E-state index contributed by atoms with van der Waals surface area (Å²) in [6.45, 7) is 2.80. The Morgan fingerprint density at radius 1 is 1.50 bits per heavy atom. The molecule has 5 heteroatoms. The number of rotatable bonds is 3. The van der Waals surface area contributed by atoms with Crippen LogP contribution in [0.25, 0.3) is 0 Å². The second kappa shape index (κ2) is 6.00. The number of aromatic nitrogens is 2. The van der Waals surface area contributed by atoms with Gasteiger partial charge in [-0.3, -0.25) is 0 Å². The molecule has 2 rings (SSSR count). The third-order valence-electron chi connectivity index (χ3n) is 3.48. The first-order valence-corrected chi connectivity index (χ1v) is 6.68. The van der Waals surface area contributed by atoms with Crippen molar-refractivity contribution in [3.63, 3.8) is 0 Å². The van der Waals surface area contributed by atoms with Crippen molar-refractivity contribution in [3.05, 3.63) is 12.5 Å². The first-order valence-electron chi connectivity index (χ1n) is 6.68. The molecule has 0 saturated carbocycles. The maximum Gasteiger partial charge on any atom is 0.155 e. The molecule has 2 heterocycles. The molecule has 1 saturated heterocycles. The minimum atomic E-state index is -0.293. The quantitative estimate of drug-likeness (QED) is 0.852. The standard InChI is InChI=1S/C13H22N4O/c1-10(18)7-11-5-3-2-4-6-17(11)13-12(14)8-15-9-16-13/h8-11,18H,2-7,14H2,1H3.